The fourth-order valence-corrected chi connectivity index (χ4v) is 2.16. The fourth-order valence-electron chi connectivity index (χ4n) is 2.16. The summed E-state index contributed by atoms with van der Waals surface area (Å²) in [5.74, 6) is -0.258. The van der Waals surface area contributed by atoms with Gasteiger partial charge < -0.3 is 9.88 Å². The van der Waals surface area contributed by atoms with Gasteiger partial charge in [-0.2, -0.15) is 0 Å². The summed E-state index contributed by atoms with van der Waals surface area (Å²) in [5.41, 5.74) is 0.970. The van der Waals surface area contributed by atoms with Gasteiger partial charge in [-0.25, -0.2) is 4.98 Å². The first-order chi connectivity index (χ1) is 8.65. The van der Waals surface area contributed by atoms with Gasteiger partial charge in [0, 0.05) is 26.2 Å². The zero-order valence-corrected chi connectivity index (χ0v) is 10.7. The highest BCUT2D eigenvalue weighted by molar-refractivity contribution is 5.99. The van der Waals surface area contributed by atoms with Crippen LogP contribution in [-0.4, -0.2) is 39.9 Å². The van der Waals surface area contributed by atoms with Crippen LogP contribution in [0.4, 0.5) is 0 Å². The van der Waals surface area contributed by atoms with Crippen molar-refractivity contribution >= 4 is 11.8 Å². The highest BCUT2D eigenvalue weighted by Crippen LogP contribution is 2.24. The van der Waals surface area contributed by atoms with Crippen LogP contribution < -0.4 is 5.32 Å². The minimum absolute atomic E-state index is 0.107. The number of aromatic nitrogens is 2. The summed E-state index contributed by atoms with van der Waals surface area (Å²) in [6.07, 6.45) is 4.38. The SMILES string of the molecule is CCNCc1cncn1C1CCC(=O)N(C)C1=O. The van der Waals surface area contributed by atoms with Crippen molar-refractivity contribution in [1.82, 2.24) is 19.8 Å². The molecule has 0 aliphatic carbocycles. The van der Waals surface area contributed by atoms with Crippen molar-refractivity contribution in [3.8, 4) is 0 Å². The number of hydrogen-bond donors (Lipinski definition) is 1. The maximum atomic E-state index is 12.1. The van der Waals surface area contributed by atoms with Crippen LogP contribution in [0.1, 0.15) is 31.5 Å². The highest BCUT2D eigenvalue weighted by Gasteiger charge is 2.33. The molecule has 1 aromatic rings. The van der Waals surface area contributed by atoms with E-state index in [1.807, 2.05) is 11.5 Å². The number of nitrogens with one attached hydrogen (secondary N) is 1. The molecule has 0 aromatic carbocycles. The van der Waals surface area contributed by atoms with Crippen LogP contribution in [0.3, 0.4) is 0 Å². The summed E-state index contributed by atoms with van der Waals surface area (Å²) in [4.78, 5) is 28.9. The van der Waals surface area contributed by atoms with Crippen molar-refractivity contribution in [2.45, 2.75) is 32.4 Å². The van der Waals surface area contributed by atoms with Gasteiger partial charge in [-0.15, -0.1) is 0 Å². The lowest BCUT2D eigenvalue weighted by Gasteiger charge is -2.29. The summed E-state index contributed by atoms with van der Waals surface area (Å²) >= 11 is 0. The largest absolute Gasteiger partial charge is 0.321 e. The van der Waals surface area contributed by atoms with E-state index in [1.54, 1.807) is 12.5 Å². The molecule has 6 nitrogen and oxygen atoms in total. The van der Waals surface area contributed by atoms with Gasteiger partial charge in [0.2, 0.25) is 5.91 Å². The molecule has 1 aromatic heterocycles. The zero-order chi connectivity index (χ0) is 13.1. The van der Waals surface area contributed by atoms with Gasteiger partial charge in [-0.05, 0) is 13.0 Å². The molecule has 0 saturated carbocycles. The molecular formula is C12H18N4O2. The lowest BCUT2D eigenvalue weighted by molar-refractivity contribution is -0.149. The number of carbonyl (C=O) groups is 2. The van der Waals surface area contributed by atoms with E-state index < -0.39 is 0 Å². The fraction of sp³-hybridized carbons (Fsp3) is 0.583. The van der Waals surface area contributed by atoms with E-state index in [0.29, 0.717) is 19.4 Å². The van der Waals surface area contributed by atoms with Crippen LogP contribution in [0.2, 0.25) is 0 Å². The molecule has 2 amide bonds. The number of piperidine rings is 1. The van der Waals surface area contributed by atoms with E-state index in [4.69, 9.17) is 0 Å². The Morgan fingerprint density at radius 2 is 2.28 bits per heavy atom. The van der Waals surface area contributed by atoms with Crippen LogP contribution in [0.5, 0.6) is 0 Å². The molecule has 1 aliphatic rings. The molecule has 6 heteroatoms. The first kappa shape index (κ1) is 12.8. The summed E-state index contributed by atoms with van der Waals surface area (Å²) in [7, 11) is 1.54. The maximum Gasteiger partial charge on any atom is 0.252 e. The summed E-state index contributed by atoms with van der Waals surface area (Å²) in [6, 6.07) is -0.302. The van der Waals surface area contributed by atoms with Crippen molar-refractivity contribution in [1.29, 1.82) is 0 Å². The number of hydrogen-bond acceptors (Lipinski definition) is 4. The molecule has 0 bridgehead atoms. The molecule has 18 heavy (non-hydrogen) atoms. The van der Waals surface area contributed by atoms with Gasteiger partial charge in [-0.1, -0.05) is 6.92 Å². The molecule has 0 spiro atoms. The monoisotopic (exact) mass is 250 g/mol. The predicted octanol–water partition coefficient (Wildman–Crippen LogP) is 0.312. The van der Waals surface area contributed by atoms with Crippen LogP contribution in [-0.2, 0) is 16.1 Å². The number of imide groups is 1. The molecule has 1 aliphatic heterocycles. The van der Waals surface area contributed by atoms with Gasteiger partial charge in [0.15, 0.2) is 0 Å². The third kappa shape index (κ3) is 2.28. The summed E-state index contributed by atoms with van der Waals surface area (Å²) in [6.45, 7) is 3.57. The minimum Gasteiger partial charge on any atom is -0.321 e. The average Bonchev–Trinajstić information content (AvgIpc) is 2.82. The van der Waals surface area contributed by atoms with Crippen molar-refractivity contribution in [2.75, 3.05) is 13.6 Å². The van der Waals surface area contributed by atoms with Gasteiger partial charge in [0.1, 0.15) is 6.04 Å². The van der Waals surface area contributed by atoms with Crippen molar-refractivity contribution < 1.29 is 9.59 Å². The normalized spacial score (nSPS) is 20.6. The Morgan fingerprint density at radius 3 is 3.00 bits per heavy atom. The average molecular weight is 250 g/mol. The summed E-state index contributed by atoms with van der Waals surface area (Å²) < 4.78 is 1.87. The predicted molar refractivity (Wildman–Crippen MR) is 65.7 cm³/mol. The van der Waals surface area contributed by atoms with E-state index >= 15 is 0 Å². The number of likely N-dealkylation sites (N-methyl/N-ethyl adjacent to an activating group) is 1. The summed E-state index contributed by atoms with van der Waals surface area (Å²) in [5, 5.41) is 3.21. The third-order valence-corrected chi connectivity index (χ3v) is 3.26. The molecular weight excluding hydrogens is 232 g/mol. The Labute approximate surface area is 106 Å². The number of nitrogens with zero attached hydrogens (tertiary/aromatic N) is 3. The van der Waals surface area contributed by atoms with E-state index in [9.17, 15) is 9.59 Å². The standard InChI is InChI=1S/C12H18N4O2/c1-3-13-6-9-7-14-8-16(9)10-4-5-11(17)15(2)12(10)18/h7-8,10,13H,3-6H2,1-2H3. The number of amides is 2. The van der Waals surface area contributed by atoms with Crippen molar-refractivity contribution in [3.63, 3.8) is 0 Å². The lowest BCUT2D eigenvalue weighted by atomic mass is 10.0. The molecule has 1 unspecified atom stereocenters. The topological polar surface area (TPSA) is 67.2 Å². The number of rotatable bonds is 4. The second-order valence-electron chi connectivity index (χ2n) is 4.42. The Bertz CT molecular complexity index is 455. The third-order valence-electron chi connectivity index (χ3n) is 3.26. The van der Waals surface area contributed by atoms with Crippen LogP contribution in [0.15, 0.2) is 12.5 Å². The highest BCUT2D eigenvalue weighted by atomic mass is 16.2. The van der Waals surface area contributed by atoms with E-state index in [2.05, 4.69) is 10.3 Å². The molecule has 98 valence electrons. The van der Waals surface area contributed by atoms with Crippen molar-refractivity contribution in [2.24, 2.45) is 0 Å². The van der Waals surface area contributed by atoms with Crippen LogP contribution in [0, 0.1) is 0 Å². The molecule has 1 N–H and O–H groups in total. The molecule has 1 atom stereocenters. The first-order valence-corrected chi connectivity index (χ1v) is 6.17. The number of carbonyl (C=O) groups excluding carboxylic acids is 2. The smallest absolute Gasteiger partial charge is 0.252 e. The maximum absolute atomic E-state index is 12.1. The van der Waals surface area contributed by atoms with E-state index in [1.165, 1.54) is 11.9 Å². The van der Waals surface area contributed by atoms with Gasteiger partial charge in [0.25, 0.3) is 5.91 Å². The molecule has 1 saturated heterocycles. The van der Waals surface area contributed by atoms with Gasteiger partial charge in [-0.3, -0.25) is 14.5 Å². The van der Waals surface area contributed by atoms with Crippen molar-refractivity contribution in [3.05, 3.63) is 18.2 Å². The first-order valence-electron chi connectivity index (χ1n) is 6.17. The van der Waals surface area contributed by atoms with Crippen LogP contribution in [0.25, 0.3) is 0 Å². The zero-order valence-electron chi connectivity index (χ0n) is 10.7. The second kappa shape index (κ2) is 5.30. The van der Waals surface area contributed by atoms with E-state index in [0.717, 1.165) is 12.2 Å². The molecule has 1 fully saturated rings. The molecule has 2 heterocycles. The lowest BCUT2D eigenvalue weighted by Crippen LogP contribution is -2.43. The Balaban J connectivity index is 2.18. The Morgan fingerprint density at radius 1 is 1.50 bits per heavy atom. The second-order valence-corrected chi connectivity index (χ2v) is 4.42. The Kier molecular flexibility index (Phi) is 3.76. The molecule has 2 rings (SSSR count). The minimum atomic E-state index is -0.302. The number of likely N-dealkylation sites (tertiary alicyclic amines) is 1. The Hall–Kier alpha value is -1.69. The van der Waals surface area contributed by atoms with Gasteiger partial charge >= 0.3 is 0 Å². The molecule has 0 radical (unpaired) electrons. The van der Waals surface area contributed by atoms with Gasteiger partial charge in [0.05, 0.1) is 12.0 Å². The van der Waals surface area contributed by atoms with Crippen LogP contribution >= 0.6 is 0 Å². The quantitative estimate of drug-likeness (QED) is 0.781. The van der Waals surface area contributed by atoms with E-state index in [-0.39, 0.29) is 17.9 Å². The number of imidazole rings is 1.